The maximum Gasteiger partial charge on any atom is 0.224 e. The lowest BCUT2D eigenvalue weighted by molar-refractivity contribution is -0.120. The first-order chi connectivity index (χ1) is 10.7. The van der Waals surface area contributed by atoms with Crippen LogP contribution in [0.4, 0.5) is 0 Å². The number of amides is 1. The first-order valence-electron chi connectivity index (χ1n) is 7.72. The summed E-state index contributed by atoms with van der Waals surface area (Å²) < 4.78 is 5.74. The van der Waals surface area contributed by atoms with Crippen LogP contribution < -0.4 is 10.1 Å². The molecule has 0 aliphatic carbocycles. The summed E-state index contributed by atoms with van der Waals surface area (Å²) in [6.45, 7) is 5.12. The highest BCUT2D eigenvalue weighted by Gasteiger charge is 2.05. The Morgan fingerprint density at radius 2 is 1.73 bits per heavy atom. The molecule has 3 heteroatoms. The van der Waals surface area contributed by atoms with Crippen molar-refractivity contribution in [3.8, 4) is 5.75 Å². The second kappa shape index (κ2) is 8.23. The van der Waals surface area contributed by atoms with E-state index in [-0.39, 0.29) is 5.91 Å². The molecule has 0 aliphatic heterocycles. The Bertz CT molecular complexity index is 622. The number of carbonyl (C=O) groups excluding carboxylic acids is 1. The highest BCUT2D eigenvalue weighted by molar-refractivity contribution is 5.78. The average Bonchev–Trinajstić information content (AvgIpc) is 2.54. The third kappa shape index (κ3) is 4.62. The molecule has 0 radical (unpaired) electrons. The lowest BCUT2D eigenvalue weighted by Crippen LogP contribution is -2.29. The van der Waals surface area contributed by atoms with Gasteiger partial charge in [-0.3, -0.25) is 4.79 Å². The summed E-state index contributed by atoms with van der Waals surface area (Å²) in [5.74, 6) is 0.930. The Kier molecular flexibility index (Phi) is 6.01. The van der Waals surface area contributed by atoms with Crippen LogP contribution in [0, 0.1) is 6.92 Å². The van der Waals surface area contributed by atoms with Crippen molar-refractivity contribution in [1.82, 2.24) is 5.32 Å². The molecule has 0 bridgehead atoms. The maximum atomic E-state index is 11.9. The Balaban J connectivity index is 1.75. The lowest BCUT2D eigenvalue weighted by atomic mass is 10.1. The Morgan fingerprint density at radius 1 is 1.05 bits per heavy atom. The zero-order valence-corrected chi connectivity index (χ0v) is 13.3. The predicted octanol–water partition coefficient (Wildman–Crippen LogP) is 3.30. The van der Waals surface area contributed by atoms with Crippen LogP contribution in [0.2, 0.25) is 0 Å². The molecule has 2 aromatic rings. The summed E-state index contributed by atoms with van der Waals surface area (Å²) in [7, 11) is 0. The largest absolute Gasteiger partial charge is 0.491 e. The van der Waals surface area contributed by atoms with Gasteiger partial charge in [-0.15, -0.1) is 0 Å². The van der Waals surface area contributed by atoms with E-state index in [4.69, 9.17) is 4.74 Å². The van der Waals surface area contributed by atoms with Gasteiger partial charge in [-0.25, -0.2) is 0 Å². The van der Waals surface area contributed by atoms with Crippen LogP contribution in [0.3, 0.4) is 0 Å². The van der Waals surface area contributed by atoms with Gasteiger partial charge >= 0.3 is 0 Å². The number of ether oxygens (including phenoxy) is 1. The van der Waals surface area contributed by atoms with Gasteiger partial charge in [0.1, 0.15) is 12.4 Å². The molecule has 1 amide bonds. The van der Waals surface area contributed by atoms with E-state index < -0.39 is 0 Å². The first kappa shape index (κ1) is 16.1. The molecule has 0 heterocycles. The summed E-state index contributed by atoms with van der Waals surface area (Å²) in [4.78, 5) is 11.9. The second-order valence-electron chi connectivity index (χ2n) is 5.26. The highest BCUT2D eigenvalue weighted by atomic mass is 16.5. The van der Waals surface area contributed by atoms with Gasteiger partial charge in [-0.2, -0.15) is 0 Å². The van der Waals surface area contributed by atoms with Crippen LogP contribution in [0.5, 0.6) is 5.75 Å². The molecular formula is C19H23NO2. The third-order valence-electron chi connectivity index (χ3n) is 3.65. The topological polar surface area (TPSA) is 38.3 Å². The fourth-order valence-electron chi connectivity index (χ4n) is 2.33. The smallest absolute Gasteiger partial charge is 0.224 e. The van der Waals surface area contributed by atoms with Crippen LogP contribution in [0.25, 0.3) is 0 Å². The van der Waals surface area contributed by atoms with Crippen LogP contribution in [-0.4, -0.2) is 19.1 Å². The number of hydrogen-bond donors (Lipinski definition) is 1. The summed E-state index contributed by atoms with van der Waals surface area (Å²) in [5.41, 5.74) is 3.40. The number of rotatable bonds is 7. The minimum Gasteiger partial charge on any atom is -0.491 e. The van der Waals surface area contributed by atoms with Gasteiger partial charge in [0.05, 0.1) is 13.0 Å². The van der Waals surface area contributed by atoms with E-state index in [1.165, 1.54) is 5.56 Å². The number of hydrogen-bond acceptors (Lipinski definition) is 2. The van der Waals surface area contributed by atoms with Crippen molar-refractivity contribution in [2.45, 2.75) is 26.7 Å². The minimum absolute atomic E-state index is 0.0293. The molecule has 3 nitrogen and oxygen atoms in total. The van der Waals surface area contributed by atoms with Crippen molar-refractivity contribution in [3.05, 3.63) is 65.2 Å². The molecule has 0 aromatic heterocycles. The normalized spacial score (nSPS) is 10.3. The quantitative estimate of drug-likeness (QED) is 0.796. The maximum absolute atomic E-state index is 11.9. The molecule has 0 atom stereocenters. The predicted molar refractivity (Wildman–Crippen MR) is 89.2 cm³/mol. The van der Waals surface area contributed by atoms with Gasteiger partial charge in [0, 0.05) is 0 Å². The van der Waals surface area contributed by atoms with Gasteiger partial charge in [-0.05, 0) is 36.1 Å². The molecular weight excluding hydrogens is 274 g/mol. The van der Waals surface area contributed by atoms with Gasteiger partial charge in [0.15, 0.2) is 0 Å². The van der Waals surface area contributed by atoms with Gasteiger partial charge in [0.2, 0.25) is 5.91 Å². The molecule has 0 spiro atoms. The second-order valence-corrected chi connectivity index (χ2v) is 5.26. The minimum atomic E-state index is 0.0293. The molecule has 0 unspecified atom stereocenters. The van der Waals surface area contributed by atoms with E-state index in [1.54, 1.807) is 0 Å². The van der Waals surface area contributed by atoms with Crippen molar-refractivity contribution in [3.63, 3.8) is 0 Å². The van der Waals surface area contributed by atoms with E-state index >= 15 is 0 Å². The standard InChI is InChI=1S/C19H23NO2/c1-3-16-9-6-7-11-18(16)22-13-12-20-19(21)14-17-10-5-4-8-15(17)2/h4-11H,3,12-14H2,1-2H3,(H,20,21). The molecule has 22 heavy (non-hydrogen) atoms. The number of carbonyl (C=O) groups is 1. The van der Waals surface area contributed by atoms with Crippen molar-refractivity contribution >= 4 is 5.91 Å². The van der Waals surface area contributed by atoms with E-state index in [0.717, 1.165) is 23.3 Å². The highest BCUT2D eigenvalue weighted by Crippen LogP contribution is 2.17. The molecule has 0 aliphatic rings. The average molecular weight is 297 g/mol. The van der Waals surface area contributed by atoms with Crippen molar-refractivity contribution in [2.75, 3.05) is 13.2 Å². The van der Waals surface area contributed by atoms with E-state index in [1.807, 2.05) is 49.4 Å². The lowest BCUT2D eigenvalue weighted by Gasteiger charge is -2.11. The summed E-state index contributed by atoms with van der Waals surface area (Å²) >= 11 is 0. The summed E-state index contributed by atoms with van der Waals surface area (Å²) in [6.07, 6.45) is 1.36. The SMILES string of the molecule is CCc1ccccc1OCCNC(=O)Cc1ccccc1C. The molecule has 2 aromatic carbocycles. The zero-order valence-electron chi connectivity index (χ0n) is 13.3. The van der Waals surface area contributed by atoms with E-state index in [9.17, 15) is 4.79 Å². The molecule has 1 N–H and O–H groups in total. The van der Waals surface area contributed by atoms with Crippen LogP contribution in [0.15, 0.2) is 48.5 Å². The molecule has 2 rings (SSSR count). The first-order valence-corrected chi connectivity index (χ1v) is 7.72. The number of benzene rings is 2. The van der Waals surface area contributed by atoms with Crippen LogP contribution >= 0.6 is 0 Å². The van der Waals surface area contributed by atoms with E-state index in [2.05, 4.69) is 18.3 Å². The Hall–Kier alpha value is -2.29. The van der Waals surface area contributed by atoms with Gasteiger partial charge in [-0.1, -0.05) is 49.4 Å². The summed E-state index contributed by atoms with van der Waals surface area (Å²) in [5, 5.41) is 2.90. The van der Waals surface area contributed by atoms with Crippen LogP contribution in [-0.2, 0) is 17.6 Å². The fourth-order valence-corrected chi connectivity index (χ4v) is 2.33. The Labute approximate surface area is 132 Å². The molecule has 0 saturated heterocycles. The molecule has 0 saturated carbocycles. The van der Waals surface area contributed by atoms with Crippen molar-refractivity contribution in [2.24, 2.45) is 0 Å². The fraction of sp³-hybridized carbons (Fsp3) is 0.316. The summed E-state index contributed by atoms with van der Waals surface area (Å²) in [6, 6.07) is 16.0. The van der Waals surface area contributed by atoms with Gasteiger partial charge in [0.25, 0.3) is 0 Å². The Morgan fingerprint density at radius 3 is 2.45 bits per heavy atom. The van der Waals surface area contributed by atoms with Crippen molar-refractivity contribution < 1.29 is 9.53 Å². The monoisotopic (exact) mass is 297 g/mol. The number of aryl methyl sites for hydroxylation is 2. The van der Waals surface area contributed by atoms with Crippen LogP contribution in [0.1, 0.15) is 23.6 Å². The van der Waals surface area contributed by atoms with Crippen molar-refractivity contribution in [1.29, 1.82) is 0 Å². The van der Waals surface area contributed by atoms with Gasteiger partial charge < -0.3 is 10.1 Å². The zero-order chi connectivity index (χ0) is 15.8. The number of nitrogens with one attached hydrogen (secondary N) is 1. The molecule has 0 fully saturated rings. The van der Waals surface area contributed by atoms with E-state index in [0.29, 0.717) is 19.6 Å². The third-order valence-corrected chi connectivity index (χ3v) is 3.65. The molecule has 116 valence electrons. The number of para-hydroxylation sites is 1.